The molecule has 4 rings (SSSR count). The average Bonchev–Trinajstić information content (AvgIpc) is 3.32. The van der Waals surface area contributed by atoms with E-state index in [1.807, 2.05) is 106 Å². The van der Waals surface area contributed by atoms with Crippen LogP contribution in [0.3, 0.4) is 0 Å². The lowest BCUT2D eigenvalue weighted by Gasteiger charge is -2.36. The molecule has 2 saturated heterocycles. The minimum Gasteiger partial charge on any atom is -0.459 e. The van der Waals surface area contributed by atoms with E-state index in [4.69, 9.17) is 28.4 Å². The van der Waals surface area contributed by atoms with Crippen LogP contribution in [-0.4, -0.2) is 241 Å². The van der Waals surface area contributed by atoms with Gasteiger partial charge in [0.15, 0.2) is 0 Å². The van der Waals surface area contributed by atoms with Crippen molar-refractivity contribution in [2.45, 2.75) is 119 Å². The Morgan fingerprint density at radius 1 is 0.329 bits per heavy atom. The lowest BCUT2D eigenvalue weighted by Crippen LogP contribution is -2.53. The Kier molecular flexibility index (Phi) is 25.9. The second-order valence-corrected chi connectivity index (χ2v) is 24.2. The van der Waals surface area contributed by atoms with Crippen LogP contribution >= 0.6 is 0 Å². The van der Waals surface area contributed by atoms with Gasteiger partial charge in [-0.15, -0.1) is 0 Å². The van der Waals surface area contributed by atoms with Crippen molar-refractivity contribution in [3.05, 3.63) is 71.8 Å². The molecule has 21 nitrogen and oxygen atoms in total. The van der Waals surface area contributed by atoms with Crippen LogP contribution in [0.1, 0.15) is 94.2 Å². The third-order valence-corrected chi connectivity index (χ3v) is 12.3. The van der Waals surface area contributed by atoms with Gasteiger partial charge in [-0.05, 0) is 94.2 Å². The van der Waals surface area contributed by atoms with Crippen molar-refractivity contribution in [1.29, 1.82) is 0 Å². The number of nitrogens with zero attached hydrogens (tertiary/aromatic N) is 8. The van der Waals surface area contributed by atoms with Crippen molar-refractivity contribution in [3.8, 4) is 0 Å². The lowest BCUT2D eigenvalue weighted by molar-refractivity contribution is -0.158. The smallest absolute Gasteiger partial charge is 0.410 e. The van der Waals surface area contributed by atoms with Gasteiger partial charge in [-0.1, -0.05) is 60.7 Å². The maximum Gasteiger partial charge on any atom is 0.410 e. The minimum absolute atomic E-state index is 0.0109. The lowest BCUT2D eigenvalue weighted by atomic mass is 10.2. The molecule has 0 unspecified atom stereocenters. The van der Waals surface area contributed by atoms with Crippen molar-refractivity contribution in [3.63, 3.8) is 0 Å². The number of ether oxygens (including phenoxy) is 6. The van der Waals surface area contributed by atoms with Gasteiger partial charge < -0.3 is 43.1 Å². The fraction of sp³-hybridized carbons (Fsp3) is 0.672. The zero-order valence-corrected chi connectivity index (χ0v) is 49.4. The zero-order chi connectivity index (χ0) is 58.4. The topological polar surface area (TPSA) is 201 Å². The number of carbonyl (C=O) groups is 7. The second-order valence-electron chi connectivity index (χ2n) is 24.2. The first kappa shape index (κ1) is 65.6. The molecule has 2 aromatic carbocycles. The normalized spacial score (nSPS) is 17.4. The Morgan fingerprint density at radius 3 is 0.823 bits per heavy atom. The van der Waals surface area contributed by atoms with Crippen molar-refractivity contribution >= 4 is 42.0 Å². The highest BCUT2D eigenvalue weighted by Gasteiger charge is 2.30. The molecule has 0 N–H and O–H groups in total. The molecule has 2 fully saturated rings. The number of amides is 3. The van der Waals surface area contributed by atoms with Gasteiger partial charge in [-0.3, -0.25) is 48.5 Å². The predicted molar refractivity (Wildman–Crippen MR) is 299 cm³/mol. The first-order chi connectivity index (χ1) is 37.0. The molecule has 0 bridgehead atoms. The van der Waals surface area contributed by atoms with Crippen molar-refractivity contribution < 1.29 is 62.0 Å². The third kappa shape index (κ3) is 28.2. The van der Waals surface area contributed by atoms with Gasteiger partial charge in [-0.25, -0.2) is 9.59 Å². The number of benzene rings is 2. The van der Waals surface area contributed by atoms with E-state index in [9.17, 15) is 28.8 Å². The Bertz CT molecular complexity index is 2130. The monoisotopic (exact) mass is 1110 g/mol. The minimum atomic E-state index is -0.741. The molecule has 2 aromatic rings. The van der Waals surface area contributed by atoms with Gasteiger partial charge in [0.1, 0.15) is 35.6 Å². The van der Waals surface area contributed by atoms with Gasteiger partial charge in [0, 0.05) is 105 Å². The molecule has 0 spiro atoms. The Morgan fingerprint density at radius 2 is 0.557 bits per heavy atom. The fourth-order valence-electron chi connectivity index (χ4n) is 8.58. The Hall–Kier alpha value is -5.87. The van der Waals surface area contributed by atoms with Crippen molar-refractivity contribution in [2.24, 2.45) is 0 Å². The van der Waals surface area contributed by atoms with Crippen LogP contribution in [0, 0.1) is 0 Å². The summed E-state index contributed by atoms with van der Waals surface area (Å²) in [5.41, 5.74) is -1.31. The molecule has 0 saturated carbocycles. The van der Waals surface area contributed by atoms with Crippen LogP contribution in [0.25, 0.3) is 0 Å². The number of rotatable bonds is 14. The molecule has 0 aromatic heterocycles. The summed E-state index contributed by atoms with van der Waals surface area (Å²) in [6.07, 6.45) is -1.20. The number of esters is 4. The molecule has 2 aliphatic heterocycles. The van der Waals surface area contributed by atoms with E-state index in [-0.39, 0.29) is 104 Å². The van der Waals surface area contributed by atoms with E-state index in [1.54, 1.807) is 67.2 Å². The van der Waals surface area contributed by atoms with Crippen LogP contribution in [0.2, 0.25) is 0 Å². The first-order valence-electron chi connectivity index (χ1n) is 27.7. The first-order valence-corrected chi connectivity index (χ1v) is 27.7. The van der Waals surface area contributed by atoms with Gasteiger partial charge in [-0.2, -0.15) is 0 Å². The highest BCUT2D eigenvalue weighted by atomic mass is 16.6. The summed E-state index contributed by atoms with van der Waals surface area (Å²) >= 11 is 0. The van der Waals surface area contributed by atoms with E-state index in [1.165, 1.54) is 9.80 Å². The predicted octanol–water partition coefficient (Wildman–Crippen LogP) is 5.00. The zero-order valence-electron chi connectivity index (χ0n) is 49.4. The van der Waals surface area contributed by atoms with Crippen molar-refractivity contribution in [1.82, 2.24) is 39.2 Å². The molecule has 442 valence electrons. The highest BCUT2D eigenvalue weighted by molar-refractivity contribution is 5.79. The molecule has 79 heavy (non-hydrogen) atoms. The molecule has 0 atom stereocenters. The second kappa shape index (κ2) is 31.2. The van der Waals surface area contributed by atoms with E-state index in [0.717, 1.165) is 11.1 Å². The highest BCUT2D eigenvalue weighted by Crippen LogP contribution is 2.15. The summed E-state index contributed by atoms with van der Waals surface area (Å²) in [6, 6.07) is 18.6. The van der Waals surface area contributed by atoms with Crippen LogP contribution < -0.4 is 0 Å². The van der Waals surface area contributed by atoms with Gasteiger partial charge in [0.25, 0.3) is 0 Å². The van der Waals surface area contributed by atoms with E-state index < -0.39 is 58.5 Å². The summed E-state index contributed by atoms with van der Waals surface area (Å²) in [4.78, 5) is 111. The van der Waals surface area contributed by atoms with Crippen LogP contribution in [0.15, 0.2) is 60.7 Å². The third-order valence-electron chi connectivity index (χ3n) is 12.3. The summed E-state index contributed by atoms with van der Waals surface area (Å²) in [6.45, 7) is 25.1. The summed E-state index contributed by atoms with van der Waals surface area (Å²) in [7, 11) is 0. The summed E-state index contributed by atoms with van der Waals surface area (Å²) in [5, 5.41) is 0. The number of hydrogen-bond acceptors (Lipinski definition) is 18. The number of hydrogen-bond donors (Lipinski definition) is 0. The summed E-state index contributed by atoms with van der Waals surface area (Å²) < 4.78 is 34.6. The van der Waals surface area contributed by atoms with Gasteiger partial charge in [0.05, 0.1) is 32.7 Å². The SMILES string of the molecule is CC(C)(C)OC(=O)CN1CCN(CC(=O)OC(C)(C)C)CCN(CC(=O)N2CCN(C(=O)OCc3ccccc3)CCN(CC(=O)OC(C)(C)C)CCN(C(=O)OCc3ccccc3)CC2)CCN(CC(=O)OC(C)(C)C)CC1. The maximum atomic E-state index is 15.0. The Labute approximate surface area is 469 Å². The molecule has 2 aliphatic rings. The average molecular weight is 1110 g/mol. The summed E-state index contributed by atoms with van der Waals surface area (Å²) in [5.74, 6) is -1.99. The maximum absolute atomic E-state index is 15.0. The van der Waals surface area contributed by atoms with Gasteiger partial charge in [0.2, 0.25) is 5.91 Å². The number of carbonyl (C=O) groups excluding carboxylic acids is 7. The molecular formula is C58H92N8O13. The molecule has 0 aliphatic carbocycles. The molecule has 0 radical (unpaired) electrons. The van der Waals surface area contributed by atoms with E-state index in [2.05, 4.69) is 0 Å². The largest absolute Gasteiger partial charge is 0.459 e. The fourth-order valence-corrected chi connectivity index (χ4v) is 8.58. The van der Waals surface area contributed by atoms with E-state index >= 15 is 4.79 Å². The van der Waals surface area contributed by atoms with Crippen LogP contribution in [0.5, 0.6) is 0 Å². The van der Waals surface area contributed by atoms with Crippen molar-refractivity contribution in [2.75, 3.05) is 137 Å². The standard InChI is InChI=1S/C58H92N8O13/c1-55(2,3)76-49(68)40-60-25-23-59(24-26-61(41-50(69)77-56(4,5)6)28-30-62(29-27-60)42-51(70)78-57(7,8)9)39-48(67)64-35-37-65(53(72)74-44-46-19-15-13-16-20-46)33-31-63(43-52(71)79-58(10,11)12)32-34-66(38-36-64)54(73)75-45-47-21-17-14-18-22-47/h13-22H,23-45H2,1-12H3. The quantitative estimate of drug-likeness (QED) is 0.181. The van der Waals surface area contributed by atoms with Crippen LogP contribution in [-0.2, 0) is 65.6 Å². The molecule has 21 heteroatoms. The Balaban J connectivity index is 1.68. The van der Waals surface area contributed by atoms with E-state index in [0.29, 0.717) is 52.4 Å². The molecular weight excluding hydrogens is 1020 g/mol. The molecule has 2 heterocycles. The van der Waals surface area contributed by atoms with Crippen LogP contribution in [0.4, 0.5) is 9.59 Å². The van der Waals surface area contributed by atoms with Gasteiger partial charge >= 0.3 is 36.1 Å². The molecule has 3 amide bonds.